The Labute approximate surface area is 150 Å². The number of carbonyl (C=O) groups is 1. The Morgan fingerprint density at radius 1 is 0.708 bits per heavy atom. The molecule has 0 heterocycles. The standard InChI is InChI=1S/C22H40O2/c1-3-5-6-7-8-9-10-11-12-13-14-15-16-17-18-19-20-21-22(23)24-4-2/h8-9,11-12H,3-7,10,13-21H2,1-2H3/b9-8+,12-11-. The summed E-state index contributed by atoms with van der Waals surface area (Å²) in [5.41, 5.74) is 0. The van der Waals surface area contributed by atoms with Crippen LogP contribution in [0.25, 0.3) is 0 Å². The second kappa shape index (κ2) is 20.0. The Hall–Kier alpha value is -1.05. The fourth-order valence-electron chi connectivity index (χ4n) is 2.67. The highest BCUT2D eigenvalue weighted by atomic mass is 16.5. The molecule has 2 heteroatoms. The van der Waals surface area contributed by atoms with Crippen LogP contribution in [0.4, 0.5) is 0 Å². The molecule has 0 rings (SSSR count). The molecule has 0 aromatic rings. The fraction of sp³-hybridized carbons (Fsp3) is 0.773. The van der Waals surface area contributed by atoms with E-state index in [9.17, 15) is 4.79 Å². The van der Waals surface area contributed by atoms with Crippen LogP contribution >= 0.6 is 0 Å². The van der Waals surface area contributed by atoms with Gasteiger partial charge in [-0.25, -0.2) is 0 Å². The van der Waals surface area contributed by atoms with Crippen LogP contribution in [0.3, 0.4) is 0 Å². The van der Waals surface area contributed by atoms with Crippen molar-refractivity contribution in [3.05, 3.63) is 24.3 Å². The van der Waals surface area contributed by atoms with E-state index in [2.05, 4.69) is 31.2 Å². The van der Waals surface area contributed by atoms with E-state index in [1.54, 1.807) is 0 Å². The maximum atomic E-state index is 11.2. The number of hydrogen-bond acceptors (Lipinski definition) is 2. The molecule has 0 aliphatic heterocycles. The van der Waals surface area contributed by atoms with Crippen LogP contribution in [0.2, 0.25) is 0 Å². The Bertz CT molecular complexity index is 318. The van der Waals surface area contributed by atoms with Gasteiger partial charge in [-0.2, -0.15) is 0 Å². The van der Waals surface area contributed by atoms with E-state index in [0.717, 1.165) is 19.3 Å². The summed E-state index contributed by atoms with van der Waals surface area (Å²) in [6.45, 7) is 4.61. The second-order valence-electron chi connectivity index (χ2n) is 6.49. The molecule has 0 N–H and O–H groups in total. The van der Waals surface area contributed by atoms with E-state index >= 15 is 0 Å². The molecule has 0 unspecified atom stereocenters. The molecular formula is C22H40O2. The summed E-state index contributed by atoms with van der Waals surface area (Å²) >= 11 is 0. The van der Waals surface area contributed by atoms with Crippen molar-refractivity contribution in [3.63, 3.8) is 0 Å². The zero-order valence-electron chi connectivity index (χ0n) is 16.2. The van der Waals surface area contributed by atoms with Crippen molar-refractivity contribution >= 4 is 5.97 Å². The van der Waals surface area contributed by atoms with Crippen LogP contribution in [0.15, 0.2) is 24.3 Å². The summed E-state index contributed by atoms with van der Waals surface area (Å²) in [5.74, 6) is -0.0416. The zero-order chi connectivity index (χ0) is 17.7. The summed E-state index contributed by atoms with van der Waals surface area (Å²) in [5, 5.41) is 0. The number of hydrogen-bond donors (Lipinski definition) is 0. The first-order chi connectivity index (χ1) is 11.8. The van der Waals surface area contributed by atoms with Crippen LogP contribution < -0.4 is 0 Å². The van der Waals surface area contributed by atoms with Crippen LogP contribution in [0, 0.1) is 0 Å². The van der Waals surface area contributed by atoms with Gasteiger partial charge in [-0.1, -0.05) is 76.2 Å². The molecule has 140 valence electrons. The van der Waals surface area contributed by atoms with Gasteiger partial charge in [0, 0.05) is 6.42 Å². The molecule has 0 saturated carbocycles. The Morgan fingerprint density at radius 2 is 1.25 bits per heavy atom. The van der Waals surface area contributed by atoms with E-state index in [-0.39, 0.29) is 5.97 Å². The monoisotopic (exact) mass is 336 g/mol. The van der Waals surface area contributed by atoms with Gasteiger partial charge in [-0.15, -0.1) is 0 Å². The average molecular weight is 337 g/mol. The van der Waals surface area contributed by atoms with E-state index in [1.165, 1.54) is 64.2 Å². The second-order valence-corrected chi connectivity index (χ2v) is 6.49. The van der Waals surface area contributed by atoms with Crippen LogP contribution in [0.1, 0.15) is 104 Å². The van der Waals surface area contributed by atoms with Crippen molar-refractivity contribution in [2.45, 2.75) is 104 Å². The lowest BCUT2D eigenvalue weighted by molar-refractivity contribution is -0.143. The highest BCUT2D eigenvalue weighted by molar-refractivity contribution is 5.69. The molecule has 0 aliphatic rings. The summed E-state index contributed by atoms with van der Waals surface area (Å²) in [6, 6.07) is 0. The summed E-state index contributed by atoms with van der Waals surface area (Å²) in [7, 11) is 0. The van der Waals surface area contributed by atoms with Crippen LogP contribution in [-0.2, 0) is 9.53 Å². The van der Waals surface area contributed by atoms with Crippen LogP contribution in [0.5, 0.6) is 0 Å². The number of unbranched alkanes of at least 4 members (excludes halogenated alkanes) is 10. The SMILES string of the molecule is CCCCC/C=C/C/C=C\CCCCCCCCCC(=O)OCC. The van der Waals surface area contributed by atoms with Gasteiger partial charge in [0.15, 0.2) is 0 Å². The van der Waals surface area contributed by atoms with Crippen LogP contribution in [-0.4, -0.2) is 12.6 Å². The number of carbonyl (C=O) groups excluding carboxylic acids is 1. The maximum Gasteiger partial charge on any atom is 0.305 e. The minimum atomic E-state index is -0.0416. The van der Waals surface area contributed by atoms with Crippen molar-refractivity contribution < 1.29 is 9.53 Å². The Kier molecular flexibility index (Phi) is 19.1. The molecule has 0 aliphatic carbocycles. The molecule has 0 spiro atoms. The molecule has 0 atom stereocenters. The van der Waals surface area contributed by atoms with Gasteiger partial charge in [0.2, 0.25) is 0 Å². The maximum absolute atomic E-state index is 11.2. The summed E-state index contributed by atoms with van der Waals surface area (Å²) in [6.07, 6.45) is 26.0. The molecule has 0 amide bonds. The molecule has 0 aromatic heterocycles. The molecule has 0 radical (unpaired) electrons. The molecule has 0 aromatic carbocycles. The van der Waals surface area contributed by atoms with Crippen molar-refractivity contribution in [1.82, 2.24) is 0 Å². The van der Waals surface area contributed by atoms with E-state index in [1.807, 2.05) is 6.92 Å². The number of ether oxygens (including phenoxy) is 1. The average Bonchev–Trinajstić information content (AvgIpc) is 2.58. The smallest absolute Gasteiger partial charge is 0.305 e. The topological polar surface area (TPSA) is 26.3 Å². The molecule has 24 heavy (non-hydrogen) atoms. The van der Waals surface area contributed by atoms with Gasteiger partial charge >= 0.3 is 5.97 Å². The van der Waals surface area contributed by atoms with Gasteiger partial charge in [0.1, 0.15) is 0 Å². The fourth-order valence-corrected chi connectivity index (χ4v) is 2.67. The molecular weight excluding hydrogens is 296 g/mol. The Balaban J connectivity index is 3.19. The van der Waals surface area contributed by atoms with Crippen molar-refractivity contribution in [1.29, 1.82) is 0 Å². The third kappa shape index (κ3) is 19.0. The first kappa shape index (κ1) is 22.9. The first-order valence-electron chi connectivity index (χ1n) is 10.3. The predicted octanol–water partition coefficient (Wildman–Crippen LogP) is 7.14. The quantitative estimate of drug-likeness (QED) is 0.160. The van der Waals surface area contributed by atoms with Gasteiger partial charge in [0.25, 0.3) is 0 Å². The normalized spacial score (nSPS) is 11.6. The molecule has 0 fully saturated rings. The number of allylic oxidation sites excluding steroid dienone is 4. The highest BCUT2D eigenvalue weighted by Gasteiger charge is 2.00. The van der Waals surface area contributed by atoms with Crippen molar-refractivity contribution in [3.8, 4) is 0 Å². The molecule has 0 saturated heterocycles. The van der Waals surface area contributed by atoms with Crippen molar-refractivity contribution in [2.75, 3.05) is 6.61 Å². The van der Waals surface area contributed by atoms with E-state index < -0.39 is 0 Å². The third-order valence-electron chi connectivity index (χ3n) is 4.14. The summed E-state index contributed by atoms with van der Waals surface area (Å²) < 4.78 is 4.92. The van der Waals surface area contributed by atoms with Gasteiger partial charge in [0.05, 0.1) is 6.61 Å². The van der Waals surface area contributed by atoms with Gasteiger partial charge < -0.3 is 4.74 Å². The number of rotatable bonds is 17. The lowest BCUT2D eigenvalue weighted by Gasteiger charge is -2.02. The lowest BCUT2D eigenvalue weighted by Crippen LogP contribution is -2.03. The van der Waals surface area contributed by atoms with E-state index in [0.29, 0.717) is 13.0 Å². The number of esters is 1. The van der Waals surface area contributed by atoms with E-state index in [4.69, 9.17) is 4.74 Å². The first-order valence-corrected chi connectivity index (χ1v) is 10.3. The minimum absolute atomic E-state index is 0.0416. The van der Waals surface area contributed by atoms with Gasteiger partial charge in [-0.3, -0.25) is 4.79 Å². The largest absolute Gasteiger partial charge is 0.466 e. The summed E-state index contributed by atoms with van der Waals surface area (Å²) in [4.78, 5) is 11.2. The molecule has 0 bridgehead atoms. The third-order valence-corrected chi connectivity index (χ3v) is 4.14. The lowest BCUT2D eigenvalue weighted by atomic mass is 10.1. The highest BCUT2D eigenvalue weighted by Crippen LogP contribution is 2.10. The molecule has 2 nitrogen and oxygen atoms in total. The van der Waals surface area contributed by atoms with Crippen molar-refractivity contribution in [2.24, 2.45) is 0 Å². The minimum Gasteiger partial charge on any atom is -0.466 e. The Morgan fingerprint density at radius 3 is 1.83 bits per heavy atom. The predicted molar refractivity (Wildman–Crippen MR) is 105 cm³/mol. The zero-order valence-corrected chi connectivity index (χ0v) is 16.2. The van der Waals surface area contributed by atoms with Gasteiger partial charge in [-0.05, 0) is 45.4 Å².